The summed E-state index contributed by atoms with van der Waals surface area (Å²) >= 11 is 7.89. The van der Waals surface area contributed by atoms with Crippen LogP contribution in [-0.4, -0.2) is 19.5 Å². The Kier molecular flexibility index (Phi) is 4.48. The molecule has 2 N–H and O–H groups in total. The summed E-state index contributed by atoms with van der Waals surface area (Å²) in [6.07, 6.45) is 3.66. The number of benzene rings is 3. The monoisotopic (exact) mass is 456 g/mol. The van der Waals surface area contributed by atoms with E-state index in [1.54, 1.807) is 17.4 Å². The van der Waals surface area contributed by atoms with Crippen LogP contribution in [0.4, 0.5) is 5.13 Å². The number of pyridine rings is 1. The third-order valence-corrected chi connectivity index (χ3v) is 6.78. The van der Waals surface area contributed by atoms with Gasteiger partial charge in [0.05, 0.1) is 27.1 Å². The van der Waals surface area contributed by atoms with Crippen molar-refractivity contribution in [2.45, 2.75) is 6.04 Å². The molecular formula is C25H17ClN4OS. The summed E-state index contributed by atoms with van der Waals surface area (Å²) in [6.45, 7) is 0. The molecule has 3 heterocycles. The smallest absolute Gasteiger partial charge is 0.184 e. The molecule has 0 aliphatic carbocycles. The number of aromatic nitrogens is 3. The standard InChI is InChI=1S/C25H17ClN4OS/c26-16-10-12-22-27-13-19(30(22)14-16)24(29-25-28-18-7-3-4-8-21(18)32-25)23-17-6-2-1-5-15(17)9-11-20(23)31/h1-14,24,31H,(H,28,29). The number of hydrogen-bond acceptors (Lipinski definition) is 5. The lowest BCUT2D eigenvalue weighted by atomic mass is 9.96. The van der Waals surface area contributed by atoms with Gasteiger partial charge >= 0.3 is 0 Å². The summed E-state index contributed by atoms with van der Waals surface area (Å²) in [6, 6.07) is 23.0. The molecule has 3 aromatic heterocycles. The predicted molar refractivity (Wildman–Crippen MR) is 131 cm³/mol. The lowest BCUT2D eigenvalue weighted by Gasteiger charge is -2.21. The first-order valence-corrected chi connectivity index (χ1v) is 11.3. The van der Waals surface area contributed by atoms with Crippen LogP contribution in [0, 0.1) is 0 Å². The second-order valence-corrected chi connectivity index (χ2v) is 9.01. The molecule has 5 nitrogen and oxygen atoms in total. The molecule has 0 amide bonds. The maximum Gasteiger partial charge on any atom is 0.184 e. The van der Waals surface area contributed by atoms with Crippen molar-refractivity contribution in [3.05, 3.63) is 101 Å². The fraction of sp³-hybridized carbons (Fsp3) is 0.0400. The lowest BCUT2D eigenvalue weighted by molar-refractivity contribution is 0.467. The van der Waals surface area contributed by atoms with Crippen molar-refractivity contribution in [1.82, 2.24) is 14.4 Å². The maximum atomic E-state index is 11.0. The minimum Gasteiger partial charge on any atom is -0.508 e. The van der Waals surface area contributed by atoms with Gasteiger partial charge in [0.2, 0.25) is 0 Å². The van der Waals surface area contributed by atoms with Gasteiger partial charge in [0.25, 0.3) is 0 Å². The summed E-state index contributed by atoms with van der Waals surface area (Å²) in [5.41, 5.74) is 3.33. The summed E-state index contributed by atoms with van der Waals surface area (Å²) in [4.78, 5) is 9.33. The van der Waals surface area contributed by atoms with Gasteiger partial charge in [0.1, 0.15) is 17.4 Å². The molecule has 0 radical (unpaired) electrons. The minimum atomic E-state index is -0.407. The lowest BCUT2D eigenvalue weighted by Crippen LogP contribution is -2.15. The molecule has 32 heavy (non-hydrogen) atoms. The number of thiazole rings is 1. The van der Waals surface area contributed by atoms with Gasteiger partial charge in [-0.2, -0.15) is 0 Å². The Labute approximate surface area is 192 Å². The molecule has 156 valence electrons. The van der Waals surface area contributed by atoms with Gasteiger partial charge in [-0.15, -0.1) is 0 Å². The first-order valence-electron chi connectivity index (χ1n) is 10.1. The average molecular weight is 457 g/mol. The van der Waals surface area contributed by atoms with Crippen LogP contribution >= 0.6 is 22.9 Å². The van der Waals surface area contributed by atoms with Crippen LogP contribution in [0.15, 0.2) is 85.2 Å². The maximum absolute atomic E-state index is 11.0. The molecule has 0 saturated heterocycles. The summed E-state index contributed by atoms with van der Waals surface area (Å²) < 4.78 is 3.05. The van der Waals surface area contributed by atoms with Gasteiger partial charge in [-0.25, -0.2) is 9.97 Å². The quantitative estimate of drug-likeness (QED) is 0.311. The number of halogens is 1. The first kappa shape index (κ1) is 19.1. The number of phenols is 1. The summed E-state index contributed by atoms with van der Waals surface area (Å²) in [5.74, 6) is 0.208. The molecule has 0 saturated carbocycles. The highest BCUT2D eigenvalue weighted by Crippen LogP contribution is 2.39. The van der Waals surface area contributed by atoms with Crippen molar-refractivity contribution in [2.75, 3.05) is 5.32 Å². The highest BCUT2D eigenvalue weighted by molar-refractivity contribution is 7.22. The average Bonchev–Trinajstić information content (AvgIpc) is 3.41. The van der Waals surface area contributed by atoms with Crippen LogP contribution in [0.5, 0.6) is 5.75 Å². The molecule has 0 bridgehead atoms. The van der Waals surface area contributed by atoms with E-state index in [1.807, 2.05) is 77.5 Å². The molecular weight excluding hydrogens is 440 g/mol. The molecule has 6 aromatic rings. The van der Waals surface area contributed by atoms with Crippen molar-refractivity contribution >= 4 is 54.7 Å². The van der Waals surface area contributed by atoms with Crippen molar-refractivity contribution in [1.29, 1.82) is 0 Å². The molecule has 0 spiro atoms. The van der Waals surface area contributed by atoms with E-state index in [0.29, 0.717) is 5.02 Å². The fourth-order valence-electron chi connectivity index (χ4n) is 4.13. The molecule has 7 heteroatoms. The van der Waals surface area contributed by atoms with E-state index >= 15 is 0 Å². The Morgan fingerprint density at radius 2 is 1.81 bits per heavy atom. The zero-order valence-electron chi connectivity index (χ0n) is 16.7. The molecule has 1 atom stereocenters. The van der Waals surface area contributed by atoms with Crippen LogP contribution < -0.4 is 5.32 Å². The molecule has 6 rings (SSSR count). The minimum absolute atomic E-state index is 0.208. The Morgan fingerprint density at radius 3 is 2.72 bits per heavy atom. The number of anilines is 1. The number of rotatable bonds is 4. The topological polar surface area (TPSA) is 62.5 Å². The Balaban J connectivity index is 1.60. The van der Waals surface area contributed by atoms with E-state index in [1.165, 1.54) is 0 Å². The van der Waals surface area contributed by atoms with Gasteiger partial charge in [0.15, 0.2) is 5.13 Å². The number of imidazole rings is 1. The van der Waals surface area contributed by atoms with Gasteiger partial charge in [0, 0.05) is 11.8 Å². The third kappa shape index (κ3) is 3.16. The summed E-state index contributed by atoms with van der Waals surface area (Å²) in [5, 5.41) is 18.0. The van der Waals surface area contributed by atoms with Crippen LogP contribution in [-0.2, 0) is 0 Å². The van der Waals surface area contributed by atoms with Crippen molar-refractivity contribution < 1.29 is 5.11 Å². The van der Waals surface area contributed by atoms with E-state index in [4.69, 9.17) is 16.6 Å². The van der Waals surface area contributed by atoms with E-state index in [-0.39, 0.29) is 5.75 Å². The zero-order valence-corrected chi connectivity index (χ0v) is 18.3. The molecule has 0 aliphatic rings. The number of hydrogen-bond donors (Lipinski definition) is 2. The van der Waals surface area contributed by atoms with Crippen LogP contribution in [0.25, 0.3) is 26.6 Å². The Hall–Kier alpha value is -3.61. The van der Waals surface area contributed by atoms with Crippen LogP contribution in [0.3, 0.4) is 0 Å². The number of phenolic OH excluding ortho intramolecular Hbond substituents is 1. The van der Waals surface area contributed by atoms with Crippen LogP contribution in [0.2, 0.25) is 5.02 Å². The molecule has 3 aromatic carbocycles. The summed E-state index contributed by atoms with van der Waals surface area (Å²) in [7, 11) is 0. The molecule has 1 unspecified atom stereocenters. The second kappa shape index (κ2) is 7.51. The first-order chi connectivity index (χ1) is 15.7. The van der Waals surface area contributed by atoms with Gasteiger partial charge < -0.3 is 14.8 Å². The highest BCUT2D eigenvalue weighted by Gasteiger charge is 2.25. The second-order valence-electron chi connectivity index (χ2n) is 7.54. The Bertz CT molecular complexity index is 1570. The Morgan fingerprint density at radius 1 is 0.969 bits per heavy atom. The van der Waals surface area contributed by atoms with Gasteiger partial charge in [-0.1, -0.05) is 65.4 Å². The number of fused-ring (bicyclic) bond motifs is 3. The normalized spacial score (nSPS) is 12.5. The van der Waals surface area contributed by atoms with Crippen molar-refractivity contribution in [2.24, 2.45) is 0 Å². The SMILES string of the molecule is Oc1ccc2ccccc2c1C(Nc1nc2ccccc2s1)c1cnc2ccc(Cl)cn12. The number of nitrogens with zero attached hydrogens (tertiary/aromatic N) is 3. The molecule has 0 aliphatic heterocycles. The van der Waals surface area contributed by atoms with Crippen molar-refractivity contribution in [3.8, 4) is 5.75 Å². The fourth-order valence-corrected chi connectivity index (χ4v) is 5.18. The van der Waals surface area contributed by atoms with Gasteiger partial charge in [-0.3, -0.25) is 0 Å². The largest absolute Gasteiger partial charge is 0.508 e. The number of aromatic hydroxyl groups is 1. The third-order valence-electron chi connectivity index (χ3n) is 5.59. The van der Waals surface area contributed by atoms with E-state index < -0.39 is 6.04 Å². The number of nitrogens with one attached hydrogen (secondary N) is 1. The van der Waals surface area contributed by atoms with E-state index in [0.717, 1.165) is 43.0 Å². The van der Waals surface area contributed by atoms with E-state index in [9.17, 15) is 5.11 Å². The zero-order chi connectivity index (χ0) is 21.7. The highest BCUT2D eigenvalue weighted by atomic mass is 35.5. The number of para-hydroxylation sites is 1. The van der Waals surface area contributed by atoms with Crippen molar-refractivity contribution in [3.63, 3.8) is 0 Å². The van der Waals surface area contributed by atoms with Crippen LogP contribution in [0.1, 0.15) is 17.3 Å². The predicted octanol–water partition coefficient (Wildman–Crippen LogP) is 6.66. The van der Waals surface area contributed by atoms with E-state index in [2.05, 4.69) is 16.4 Å². The molecule has 0 fully saturated rings. The van der Waals surface area contributed by atoms with Gasteiger partial charge in [-0.05, 0) is 41.1 Å².